The minimum Gasteiger partial charge on any atom is -0.476 e. The third kappa shape index (κ3) is 3.86. The lowest BCUT2D eigenvalue weighted by Gasteiger charge is -2.39. The average Bonchev–Trinajstić information content (AvgIpc) is 2.59. The van der Waals surface area contributed by atoms with Gasteiger partial charge in [0.05, 0.1) is 18.5 Å². The van der Waals surface area contributed by atoms with E-state index >= 15 is 0 Å². The van der Waals surface area contributed by atoms with E-state index in [0.29, 0.717) is 29.5 Å². The van der Waals surface area contributed by atoms with Gasteiger partial charge in [0.2, 0.25) is 10.0 Å². The molecule has 1 aromatic carbocycles. The molecule has 0 aromatic heterocycles. The number of hydrogen-bond acceptors (Lipinski definition) is 5. The number of sulfonamides is 1. The third-order valence-corrected chi connectivity index (χ3v) is 5.98. The number of amides is 1. The van der Waals surface area contributed by atoms with Crippen molar-refractivity contribution in [3.63, 3.8) is 0 Å². The van der Waals surface area contributed by atoms with Crippen molar-refractivity contribution in [1.29, 1.82) is 0 Å². The third-order valence-electron chi connectivity index (χ3n) is 4.60. The SMILES string of the molecule is CCN1CCN(C(=O)C2CN(S(C)(=O)=O)c3cc(Cl)ccc3O2)CC1. The van der Waals surface area contributed by atoms with E-state index in [1.54, 1.807) is 23.1 Å². The predicted molar refractivity (Wildman–Crippen MR) is 96.8 cm³/mol. The van der Waals surface area contributed by atoms with E-state index in [1.165, 1.54) is 4.31 Å². The molecule has 0 aliphatic carbocycles. The molecule has 138 valence electrons. The summed E-state index contributed by atoms with van der Waals surface area (Å²) >= 11 is 5.98. The van der Waals surface area contributed by atoms with Gasteiger partial charge in [0.25, 0.3) is 5.91 Å². The molecule has 1 amide bonds. The molecule has 25 heavy (non-hydrogen) atoms. The van der Waals surface area contributed by atoms with Gasteiger partial charge >= 0.3 is 0 Å². The van der Waals surface area contributed by atoms with Gasteiger partial charge < -0.3 is 14.5 Å². The summed E-state index contributed by atoms with van der Waals surface area (Å²) in [4.78, 5) is 16.8. The highest BCUT2D eigenvalue weighted by atomic mass is 35.5. The first-order valence-corrected chi connectivity index (χ1v) is 10.5. The van der Waals surface area contributed by atoms with Gasteiger partial charge in [-0.3, -0.25) is 9.10 Å². The number of nitrogens with zero attached hydrogens (tertiary/aromatic N) is 3. The number of piperazine rings is 1. The Morgan fingerprint density at radius 1 is 1.28 bits per heavy atom. The molecule has 9 heteroatoms. The second-order valence-electron chi connectivity index (χ2n) is 6.27. The largest absolute Gasteiger partial charge is 0.476 e. The standard InChI is InChI=1S/C16H22ClN3O4S/c1-3-18-6-8-19(9-7-18)16(21)15-11-20(25(2,22)23)13-10-12(17)4-5-14(13)24-15/h4-5,10,15H,3,6-9,11H2,1-2H3. The number of halogens is 1. The van der Waals surface area contributed by atoms with Crippen LogP contribution < -0.4 is 9.04 Å². The normalized spacial score (nSPS) is 21.6. The molecule has 0 bridgehead atoms. The van der Waals surface area contributed by atoms with Gasteiger partial charge in [0.1, 0.15) is 5.75 Å². The van der Waals surface area contributed by atoms with Gasteiger partial charge in [-0.15, -0.1) is 0 Å². The van der Waals surface area contributed by atoms with Gasteiger partial charge in [-0.1, -0.05) is 18.5 Å². The molecule has 2 heterocycles. The van der Waals surface area contributed by atoms with Gasteiger partial charge in [-0.2, -0.15) is 0 Å². The highest BCUT2D eigenvalue weighted by Crippen LogP contribution is 2.37. The molecular formula is C16H22ClN3O4S. The molecule has 0 spiro atoms. The van der Waals surface area contributed by atoms with Crippen LogP contribution in [-0.2, 0) is 14.8 Å². The lowest BCUT2D eigenvalue weighted by atomic mass is 10.2. The summed E-state index contributed by atoms with van der Waals surface area (Å²) in [6.45, 7) is 5.89. The lowest BCUT2D eigenvalue weighted by molar-refractivity contribution is -0.140. The zero-order chi connectivity index (χ0) is 18.2. The average molecular weight is 388 g/mol. The van der Waals surface area contributed by atoms with Crippen molar-refractivity contribution in [3.05, 3.63) is 23.2 Å². The molecular weight excluding hydrogens is 366 g/mol. The maximum atomic E-state index is 12.8. The Balaban J connectivity index is 1.82. The van der Waals surface area contributed by atoms with Crippen molar-refractivity contribution in [2.75, 3.05) is 49.8 Å². The number of ether oxygens (including phenoxy) is 1. The van der Waals surface area contributed by atoms with Crippen molar-refractivity contribution < 1.29 is 17.9 Å². The number of anilines is 1. The van der Waals surface area contributed by atoms with Crippen LogP contribution in [0.25, 0.3) is 0 Å². The van der Waals surface area contributed by atoms with Crippen LogP contribution in [0, 0.1) is 0 Å². The number of carbonyl (C=O) groups excluding carboxylic acids is 1. The number of rotatable bonds is 3. The van der Waals surface area contributed by atoms with Crippen LogP contribution in [0.2, 0.25) is 5.02 Å². The molecule has 0 saturated carbocycles. The van der Waals surface area contributed by atoms with E-state index < -0.39 is 16.1 Å². The van der Waals surface area contributed by atoms with Crippen LogP contribution in [0.1, 0.15) is 6.92 Å². The smallest absolute Gasteiger partial charge is 0.265 e. The summed E-state index contributed by atoms with van der Waals surface area (Å²) in [6.07, 6.45) is 0.265. The van der Waals surface area contributed by atoms with Crippen LogP contribution >= 0.6 is 11.6 Å². The Bertz CT molecular complexity index is 763. The van der Waals surface area contributed by atoms with Crippen molar-refractivity contribution >= 4 is 33.2 Å². The molecule has 1 saturated heterocycles. The van der Waals surface area contributed by atoms with E-state index in [1.807, 2.05) is 0 Å². The molecule has 3 rings (SSSR count). The summed E-state index contributed by atoms with van der Waals surface area (Å²) < 4.78 is 31.4. The fourth-order valence-corrected chi connectivity index (χ4v) is 4.23. The highest BCUT2D eigenvalue weighted by Gasteiger charge is 2.37. The predicted octanol–water partition coefficient (Wildman–Crippen LogP) is 1.03. The summed E-state index contributed by atoms with van der Waals surface area (Å²) in [5, 5.41) is 0.413. The summed E-state index contributed by atoms with van der Waals surface area (Å²) in [5.41, 5.74) is 0.370. The Labute approximate surface area is 153 Å². The minimum absolute atomic E-state index is 0.0427. The second-order valence-corrected chi connectivity index (χ2v) is 8.62. The van der Waals surface area contributed by atoms with E-state index in [-0.39, 0.29) is 12.5 Å². The van der Waals surface area contributed by atoms with Gasteiger partial charge in [-0.05, 0) is 24.7 Å². The van der Waals surface area contributed by atoms with Crippen LogP contribution in [0.4, 0.5) is 5.69 Å². The first-order valence-electron chi connectivity index (χ1n) is 8.24. The summed E-state index contributed by atoms with van der Waals surface area (Å²) in [6, 6.07) is 4.76. The minimum atomic E-state index is -3.55. The Morgan fingerprint density at radius 3 is 2.56 bits per heavy atom. The fourth-order valence-electron chi connectivity index (χ4n) is 3.16. The summed E-state index contributed by atoms with van der Waals surface area (Å²) in [5.74, 6) is 0.177. The first kappa shape index (κ1) is 18.3. The van der Waals surface area contributed by atoms with Crippen LogP contribution in [0.5, 0.6) is 5.75 Å². The Hall–Kier alpha value is -1.51. The van der Waals surface area contributed by atoms with E-state index in [0.717, 1.165) is 25.9 Å². The maximum absolute atomic E-state index is 12.8. The first-order chi connectivity index (χ1) is 11.8. The van der Waals surface area contributed by atoms with Crippen LogP contribution in [0.3, 0.4) is 0 Å². The fraction of sp³-hybridized carbons (Fsp3) is 0.562. The van der Waals surface area contributed by atoms with Crippen molar-refractivity contribution in [3.8, 4) is 5.75 Å². The molecule has 1 atom stereocenters. The van der Waals surface area contributed by atoms with Crippen LogP contribution in [-0.4, -0.2) is 75.8 Å². The molecule has 0 radical (unpaired) electrons. The molecule has 7 nitrogen and oxygen atoms in total. The van der Waals surface area contributed by atoms with Gasteiger partial charge in [-0.25, -0.2) is 8.42 Å². The zero-order valence-corrected chi connectivity index (χ0v) is 15.9. The van der Waals surface area contributed by atoms with Gasteiger partial charge in [0.15, 0.2) is 6.10 Å². The van der Waals surface area contributed by atoms with Crippen LogP contribution in [0.15, 0.2) is 18.2 Å². The van der Waals surface area contributed by atoms with E-state index in [9.17, 15) is 13.2 Å². The number of hydrogen-bond donors (Lipinski definition) is 0. The molecule has 1 fully saturated rings. The van der Waals surface area contributed by atoms with Crippen molar-refractivity contribution in [2.24, 2.45) is 0 Å². The second kappa shape index (κ2) is 7.01. The van der Waals surface area contributed by atoms with Crippen molar-refractivity contribution in [1.82, 2.24) is 9.80 Å². The highest BCUT2D eigenvalue weighted by molar-refractivity contribution is 7.92. The zero-order valence-electron chi connectivity index (χ0n) is 14.3. The molecule has 1 aromatic rings. The maximum Gasteiger partial charge on any atom is 0.265 e. The Kier molecular flexibility index (Phi) is 5.13. The number of benzene rings is 1. The number of likely N-dealkylation sites (N-methyl/N-ethyl adjacent to an activating group) is 1. The number of fused-ring (bicyclic) bond motifs is 1. The van der Waals surface area contributed by atoms with E-state index in [2.05, 4.69) is 11.8 Å². The van der Waals surface area contributed by atoms with Crippen molar-refractivity contribution in [2.45, 2.75) is 13.0 Å². The Morgan fingerprint density at radius 2 is 1.96 bits per heavy atom. The number of carbonyl (C=O) groups is 1. The molecule has 1 unspecified atom stereocenters. The van der Waals surface area contributed by atoms with E-state index in [4.69, 9.17) is 16.3 Å². The topological polar surface area (TPSA) is 70.2 Å². The molecule has 0 N–H and O–H groups in total. The molecule has 2 aliphatic rings. The molecule has 2 aliphatic heterocycles. The lowest BCUT2D eigenvalue weighted by Crippen LogP contribution is -2.56. The monoisotopic (exact) mass is 387 g/mol. The quantitative estimate of drug-likeness (QED) is 0.774. The summed E-state index contributed by atoms with van der Waals surface area (Å²) in [7, 11) is -3.55. The van der Waals surface area contributed by atoms with Gasteiger partial charge in [0, 0.05) is 31.2 Å².